The minimum atomic E-state index is -3.66. The minimum absolute atomic E-state index is 0.266. The number of thioether (sulfide) groups is 1. The maximum absolute atomic E-state index is 13.4. The Labute approximate surface area is 165 Å². The molecule has 1 aliphatic heterocycles. The van der Waals surface area contributed by atoms with Crippen LogP contribution in [0.5, 0.6) is 0 Å². The van der Waals surface area contributed by atoms with Crippen LogP contribution in [0.15, 0.2) is 46.5 Å². The maximum Gasteiger partial charge on any atom is 0.243 e. The first-order chi connectivity index (χ1) is 12.8. The van der Waals surface area contributed by atoms with E-state index >= 15 is 0 Å². The molecule has 0 bridgehead atoms. The highest BCUT2D eigenvalue weighted by molar-refractivity contribution is 7.98. The molecule has 1 fully saturated rings. The number of ether oxygens (including phenoxy) is 1. The molecule has 0 spiro atoms. The second-order valence-corrected chi connectivity index (χ2v) is 9.63. The number of nitrogens with zero attached hydrogens (tertiary/aromatic N) is 4. The van der Waals surface area contributed by atoms with Crippen LogP contribution in [0.3, 0.4) is 0 Å². The van der Waals surface area contributed by atoms with Crippen molar-refractivity contribution in [2.45, 2.75) is 21.9 Å². The molecule has 0 aliphatic carbocycles. The summed E-state index contributed by atoms with van der Waals surface area (Å²) < 4.78 is 36.1. The lowest BCUT2D eigenvalue weighted by atomic mass is 10.0. The van der Waals surface area contributed by atoms with Gasteiger partial charge in [0, 0.05) is 36.8 Å². The number of benzene rings is 1. The van der Waals surface area contributed by atoms with Crippen LogP contribution in [0.2, 0.25) is 0 Å². The summed E-state index contributed by atoms with van der Waals surface area (Å²) in [4.78, 5) is 3.35. The number of rotatable bonds is 6. The van der Waals surface area contributed by atoms with E-state index in [0.717, 1.165) is 10.5 Å². The molecule has 1 aromatic heterocycles. The van der Waals surface area contributed by atoms with E-state index in [1.165, 1.54) is 0 Å². The third-order valence-corrected chi connectivity index (χ3v) is 7.22. The normalized spacial score (nSPS) is 21.7. The smallest absolute Gasteiger partial charge is 0.243 e. The fourth-order valence-electron chi connectivity index (χ4n) is 3.35. The zero-order valence-corrected chi connectivity index (χ0v) is 17.7. The number of sulfonamides is 1. The van der Waals surface area contributed by atoms with Crippen LogP contribution in [0.25, 0.3) is 0 Å². The van der Waals surface area contributed by atoms with E-state index in [4.69, 9.17) is 4.74 Å². The van der Waals surface area contributed by atoms with Crippen LogP contribution in [-0.4, -0.2) is 73.6 Å². The predicted octanol–water partition coefficient (Wildman–Crippen LogP) is 1.83. The molecule has 0 unspecified atom stereocenters. The van der Waals surface area contributed by atoms with Gasteiger partial charge >= 0.3 is 0 Å². The number of aromatic nitrogens is 2. The highest BCUT2D eigenvalue weighted by Gasteiger charge is 2.41. The molecule has 2 atom stereocenters. The summed E-state index contributed by atoms with van der Waals surface area (Å²) in [5.41, 5.74) is 0.841. The number of hydrogen-bond acceptors (Lipinski definition) is 6. The van der Waals surface area contributed by atoms with Gasteiger partial charge in [0.2, 0.25) is 10.0 Å². The number of morpholine rings is 1. The molecular weight excluding hydrogens is 384 g/mol. The monoisotopic (exact) mass is 410 g/mol. The summed E-state index contributed by atoms with van der Waals surface area (Å²) in [5, 5.41) is 4.24. The van der Waals surface area contributed by atoms with Gasteiger partial charge in [-0.2, -0.15) is 9.40 Å². The largest absolute Gasteiger partial charge is 0.373 e. The quantitative estimate of drug-likeness (QED) is 0.677. The molecule has 1 aliphatic rings. The topological polar surface area (TPSA) is 67.7 Å². The van der Waals surface area contributed by atoms with Crippen molar-refractivity contribution in [3.63, 3.8) is 0 Å². The Kier molecular flexibility index (Phi) is 6.27. The molecule has 7 nitrogen and oxygen atoms in total. The predicted molar refractivity (Wildman–Crippen MR) is 106 cm³/mol. The Morgan fingerprint density at radius 3 is 2.56 bits per heavy atom. The van der Waals surface area contributed by atoms with Crippen LogP contribution in [-0.2, 0) is 21.8 Å². The number of hydrogen-bond donors (Lipinski definition) is 0. The second-order valence-electron chi connectivity index (χ2n) is 6.85. The Balaban J connectivity index is 2.01. The Morgan fingerprint density at radius 2 is 2.00 bits per heavy atom. The van der Waals surface area contributed by atoms with E-state index in [0.29, 0.717) is 24.6 Å². The van der Waals surface area contributed by atoms with Gasteiger partial charge in [0.1, 0.15) is 0 Å². The average molecular weight is 411 g/mol. The lowest BCUT2D eigenvalue weighted by molar-refractivity contribution is -0.0514. The molecule has 1 saturated heterocycles. The van der Waals surface area contributed by atoms with Gasteiger partial charge in [-0.25, -0.2) is 8.42 Å². The first-order valence-electron chi connectivity index (χ1n) is 8.73. The fourth-order valence-corrected chi connectivity index (χ4v) is 5.38. The Morgan fingerprint density at radius 1 is 1.30 bits per heavy atom. The molecule has 9 heteroatoms. The van der Waals surface area contributed by atoms with Gasteiger partial charge in [-0.1, -0.05) is 0 Å². The SMILES string of the molecule is CSc1ccc(S(=O)(=O)N2CCO[C@@H](CN(C)C)[C@@H]2c2cnn(C)c2)cc1. The van der Waals surface area contributed by atoms with Crippen LogP contribution in [0.4, 0.5) is 0 Å². The Hall–Kier alpha value is -1.39. The third kappa shape index (κ3) is 4.38. The molecule has 0 saturated carbocycles. The molecule has 1 aromatic carbocycles. The maximum atomic E-state index is 13.4. The first kappa shape index (κ1) is 20.3. The highest BCUT2D eigenvalue weighted by atomic mass is 32.2. The van der Waals surface area contributed by atoms with Crippen LogP contribution < -0.4 is 0 Å². The molecule has 27 heavy (non-hydrogen) atoms. The second kappa shape index (κ2) is 8.32. The average Bonchev–Trinajstić information content (AvgIpc) is 3.07. The molecule has 2 aromatic rings. The fraction of sp³-hybridized carbons (Fsp3) is 0.500. The van der Waals surface area contributed by atoms with Gasteiger partial charge in [-0.15, -0.1) is 11.8 Å². The van der Waals surface area contributed by atoms with E-state index in [1.54, 1.807) is 39.1 Å². The van der Waals surface area contributed by atoms with E-state index in [2.05, 4.69) is 5.10 Å². The molecule has 148 valence electrons. The summed E-state index contributed by atoms with van der Waals surface area (Å²) in [6, 6.07) is 6.62. The van der Waals surface area contributed by atoms with Crippen LogP contribution in [0.1, 0.15) is 11.6 Å². The summed E-state index contributed by atoms with van der Waals surface area (Å²) in [7, 11) is 2.09. The van der Waals surface area contributed by atoms with Crippen molar-refractivity contribution < 1.29 is 13.2 Å². The lowest BCUT2D eigenvalue weighted by Crippen LogP contribution is -2.50. The van der Waals surface area contributed by atoms with Crippen molar-refractivity contribution in [1.29, 1.82) is 0 Å². The van der Waals surface area contributed by atoms with Gasteiger partial charge in [-0.3, -0.25) is 4.68 Å². The number of aryl methyl sites for hydroxylation is 1. The van der Waals surface area contributed by atoms with Gasteiger partial charge in [0.05, 0.1) is 29.8 Å². The molecular formula is C18H26N4O3S2. The lowest BCUT2D eigenvalue weighted by Gasteiger charge is -2.40. The van der Waals surface area contributed by atoms with Crippen molar-refractivity contribution >= 4 is 21.8 Å². The summed E-state index contributed by atoms with van der Waals surface area (Å²) >= 11 is 1.59. The van der Waals surface area contributed by atoms with Gasteiger partial charge in [0.25, 0.3) is 0 Å². The van der Waals surface area contributed by atoms with E-state index in [9.17, 15) is 8.42 Å². The van der Waals surface area contributed by atoms with Crippen molar-refractivity contribution in [3.8, 4) is 0 Å². The zero-order valence-electron chi connectivity index (χ0n) is 16.1. The molecule has 0 amide bonds. The van der Waals surface area contributed by atoms with E-state index in [1.807, 2.05) is 50.6 Å². The van der Waals surface area contributed by atoms with Crippen molar-refractivity contribution in [3.05, 3.63) is 42.2 Å². The first-order valence-corrected chi connectivity index (χ1v) is 11.4. The summed E-state index contributed by atoms with van der Waals surface area (Å²) in [6.45, 7) is 1.31. The van der Waals surface area contributed by atoms with Crippen LogP contribution in [0, 0.1) is 0 Å². The third-order valence-electron chi connectivity index (χ3n) is 4.58. The van der Waals surface area contributed by atoms with Gasteiger partial charge in [0.15, 0.2) is 0 Å². The summed E-state index contributed by atoms with van der Waals surface area (Å²) in [5.74, 6) is 0. The zero-order chi connectivity index (χ0) is 19.6. The standard InChI is InChI=1S/C18H26N4O3S2/c1-20(2)13-17-18(14-11-19-21(3)12-14)22(9-10-25-17)27(23,24)16-7-5-15(26-4)6-8-16/h5-8,11-12,17-18H,9-10,13H2,1-4H3/t17-,18-/m0/s1. The Bertz CT molecular complexity index is 865. The van der Waals surface area contributed by atoms with Crippen molar-refractivity contribution in [2.75, 3.05) is 40.0 Å². The van der Waals surface area contributed by atoms with E-state index < -0.39 is 16.1 Å². The molecule has 2 heterocycles. The molecule has 3 rings (SSSR count). The van der Waals surface area contributed by atoms with Crippen molar-refractivity contribution in [1.82, 2.24) is 19.0 Å². The van der Waals surface area contributed by atoms with E-state index in [-0.39, 0.29) is 6.10 Å². The molecule has 0 N–H and O–H groups in total. The summed E-state index contributed by atoms with van der Waals surface area (Å²) in [6.07, 6.45) is 5.29. The van der Waals surface area contributed by atoms with Crippen molar-refractivity contribution in [2.24, 2.45) is 7.05 Å². The van der Waals surface area contributed by atoms with Gasteiger partial charge in [-0.05, 0) is 44.6 Å². The number of likely N-dealkylation sites (N-methyl/N-ethyl adjacent to an activating group) is 1. The molecule has 0 radical (unpaired) electrons. The van der Waals surface area contributed by atoms with Gasteiger partial charge < -0.3 is 9.64 Å². The highest BCUT2D eigenvalue weighted by Crippen LogP contribution is 2.34. The van der Waals surface area contributed by atoms with Crippen LogP contribution >= 0.6 is 11.8 Å². The minimum Gasteiger partial charge on any atom is -0.373 e.